The van der Waals surface area contributed by atoms with Gasteiger partial charge >= 0.3 is 11.9 Å². The van der Waals surface area contributed by atoms with Crippen molar-refractivity contribution in [1.29, 1.82) is 0 Å². The number of terminal acetylenes is 1. The molecule has 0 radical (unpaired) electrons. The van der Waals surface area contributed by atoms with Crippen LogP contribution in [0, 0.1) is 18.3 Å². The molecule has 0 spiro atoms. The van der Waals surface area contributed by atoms with E-state index in [1.165, 1.54) is 0 Å². The topological polar surface area (TPSA) is 52.6 Å². The first-order valence-electron chi connectivity index (χ1n) is 5.64. The molecule has 0 amide bonds. The zero-order valence-electron chi connectivity index (χ0n) is 10.9. The molecule has 0 rings (SSSR count). The average molecular weight is 240 g/mol. The third kappa shape index (κ3) is 6.62. The maximum absolute atomic E-state index is 11.8. The van der Waals surface area contributed by atoms with E-state index in [-0.39, 0.29) is 13.0 Å². The Balaban J connectivity index is 4.62. The molecule has 0 aliphatic rings. The SMILES string of the molecule is C#CCCC(C(=O)OCC)C(=O)OC(C)(C)C. The Morgan fingerprint density at radius 2 is 1.88 bits per heavy atom. The summed E-state index contributed by atoms with van der Waals surface area (Å²) < 4.78 is 9.98. The first-order valence-corrected chi connectivity index (χ1v) is 5.64. The molecule has 0 heterocycles. The van der Waals surface area contributed by atoms with E-state index in [0.717, 1.165) is 0 Å². The third-order valence-corrected chi connectivity index (χ3v) is 1.84. The van der Waals surface area contributed by atoms with E-state index in [0.29, 0.717) is 6.42 Å². The Hall–Kier alpha value is -1.50. The van der Waals surface area contributed by atoms with Crippen LogP contribution in [0.3, 0.4) is 0 Å². The monoisotopic (exact) mass is 240 g/mol. The van der Waals surface area contributed by atoms with Crippen molar-refractivity contribution < 1.29 is 19.1 Å². The minimum absolute atomic E-state index is 0.230. The molecular weight excluding hydrogens is 220 g/mol. The molecule has 0 aromatic heterocycles. The summed E-state index contributed by atoms with van der Waals surface area (Å²) >= 11 is 0. The smallest absolute Gasteiger partial charge is 0.320 e. The molecule has 1 unspecified atom stereocenters. The molecule has 0 aromatic rings. The van der Waals surface area contributed by atoms with Crippen LogP contribution >= 0.6 is 0 Å². The molecule has 0 N–H and O–H groups in total. The van der Waals surface area contributed by atoms with Crippen molar-refractivity contribution in [2.24, 2.45) is 5.92 Å². The summed E-state index contributed by atoms with van der Waals surface area (Å²) in [4.78, 5) is 23.4. The standard InChI is InChI=1S/C13H20O4/c1-6-8-9-10(11(14)16-7-2)12(15)17-13(3,4)5/h1,10H,7-9H2,2-5H3. The van der Waals surface area contributed by atoms with Gasteiger partial charge in [-0.1, -0.05) is 0 Å². The van der Waals surface area contributed by atoms with E-state index in [1.807, 2.05) is 0 Å². The van der Waals surface area contributed by atoms with Gasteiger partial charge in [0.15, 0.2) is 5.92 Å². The average Bonchev–Trinajstić information content (AvgIpc) is 2.15. The van der Waals surface area contributed by atoms with Crippen LogP contribution in [0.1, 0.15) is 40.5 Å². The van der Waals surface area contributed by atoms with Crippen molar-refractivity contribution >= 4 is 11.9 Å². The fraction of sp³-hybridized carbons (Fsp3) is 0.692. The molecular formula is C13H20O4. The van der Waals surface area contributed by atoms with Crippen molar-refractivity contribution in [2.45, 2.75) is 46.1 Å². The summed E-state index contributed by atoms with van der Waals surface area (Å²) in [6, 6.07) is 0. The summed E-state index contributed by atoms with van der Waals surface area (Å²) in [6.45, 7) is 7.15. The molecule has 0 aliphatic carbocycles. The van der Waals surface area contributed by atoms with Gasteiger partial charge < -0.3 is 9.47 Å². The van der Waals surface area contributed by atoms with Crippen LogP contribution in [-0.4, -0.2) is 24.1 Å². The second-order valence-electron chi connectivity index (χ2n) is 4.58. The van der Waals surface area contributed by atoms with Gasteiger partial charge in [0.1, 0.15) is 5.60 Å². The molecule has 0 aliphatic heterocycles. The largest absolute Gasteiger partial charge is 0.465 e. The minimum Gasteiger partial charge on any atom is -0.465 e. The molecule has 0 saturated heterocycles. The van der Waals surface area contributed by atoms with Crippen molar-refractivity contribution in [3.63, 3.8) is 0 Å². The predicted molar refractivity (Wildman–Crippen MR) is 64.0 cm³/mol. The van der Waals surface area contributed by atoms with Gasteiger partial charge in [0.2, 0.25) is 0 Å². The number of hydrogen-bond donors (Lipinski definition) is 0. The second-order valence-corrected chi connectivity index (χ2v) is 4.58. The van der Waals surface area contributed by atoms with Crippen LogP contribution < -0.4 is 0 Å². The fourth-order valence-corrected chi connectivity index (χ4v) is 1.18. The van der Waals surface area contributed by atoms with E-state index >= 15 is 0 Å². The van der Waals surface area contributed by atoms with Crippen molar-refractivity contribution in [3.8, 4) is 12.3 Å². The van der Waals surface area contributed by atoms with Crippen LogP contribution in [0.25, 0.3) is 0 Å². The van der Waals surface area contributed by atoms with Crippen LogP contribution in [0.4, 0.5) is 0 Å². The molecule has 96 valence electrons. The highest BCUT2D eigenvalue weighted by atomic mass is 16.6. The summed E-state index contributed by atoms with van der Waals surface area (Å²) in [5.41, 5.74) is -0.627. The van der Waals surface area contributed by atoms with E-state index in [9.17, 15) is 9.59 Å². The van der Waals surface area contributed by atoms with Gasteiger partial charge in [-0.25, -0.2) is 0 Å². The molecule has 0 saturated carbocycles. The maximum atomic E-state index is 11.8. The van der Waals surface area contributed by atoms with Crippen molar-refractivity contribution in [1.82, 2.24) is 0 Å². The highest BCUT2D eigenvalue weighted by Crippen LogP contribution is 2.16. The van der Waals surface area contributed by atoms with Gasteiger partial charge in [0, 0.05) is 6.42 Å². The Bertz CT molecular complexity index is 306. The van der Waals surface area contributed by atoms with Crippen LogP contribution in [0.15, 0.2) is 0 Å². The second kappa shape index (κ2) is 6.95. The lowest BCUT2D eigenvalue weighted by Gasteiger charge is -2.22. The molecule has 0 aromatic carbocycles. The highest BCUT2D eigenvalue weighted by molar-refractivity contribution is 5.95. The molecule has 0 bridgehead atoms. The van der Waals surface area contributed by atoms with Gasteiger partial charge in [0.25, 0.3) is 0 Å². The van der Waals surface area contributed by atoms with Gasteiger partial charge in [-0.05, 0) is 34.1 Å². The number of carbonyl (C=O) groups excluding carboxylic acids is 2. The van der Waals surface area contributed by atoms with E-state index < -0.39 is 23.5 Å². The first kappa shape index (κ1) is 15.5. The Morgan fingerprint density at radius 1 is 1.29 bits per heavy atom. The number of esters is 2. The number of rotatable bonds is 5. The number of carbonyl (C=O) groups is 2. The van der Waals surface area contributed by atoms with Crippen molar-refractivity contribution in [3.05, 3.63) is 0 Å². The van der Waals surface area contributed by atoms with Crippen LogP contribution in [-0.2, 0) is 19.1 Å². The highest BCUT2D eigenvalue weighted by Gasteiger charge is 2.31. The first-order chi connectivity index (χ1) is 7.81. The molecule has 1 atom stereocenters. The fourth-order valence-electron chi connectivity index (χ4n) is 1.18. The lowest BCUT2D eigenvalue weighted by Crippen LogP contribution is -2.33. The molecule has 4 heteroatoms. The van der Waals surface area contributed by atoms with E-state index in [1.54, 1.807) is 27.7 Å². The molecule has 4 nitrogen and oxygen atoms in total. The summed E-state index contributed by atoms with van der Waals surface area (Å²) in [5.74, 6) is 0.322. The normalized spacial score (nSPS) is 12.4. The maximum Gasteiger partial charge on any atom is 0.320 e. The Kier molecular flexibility index (Phi) is 6.34. The Labute approximate surface area is 103 Å². The summed E-state index contributed by atoms with van der Waals surface area (Å²) in [5, 5.41) is 0. The quantitative estimate of drug-likeness (QED) is 0.418. The lowest BCUT2D eigenvalue weighted by atomic mass is 10.0. The van der Waals surface area contributed by atoms with Crippen LogP contribution in [0.2, 0.25) is 0 Å². The predicted octanol–water partition coefficient (Wildman–Crippen LogP) is 1.92. The Morgan fingerprint density at radius 3 is 2.29 bits per heavy atom. The summed E-state index contributed by atoms with van der Waals surface area (Å²) in [6.07, 6.45) is 5.71. The zero-order valence-corrected chi connectivity index (χ0v) is 10.9. The van der Waals surface area contributed by atoms with Crippen molar-refractivity contribution in [2.75, 3.05) is 6.61 Å². The van der Waals surface area contributed by atoms with Gasteiger partial charge in [-0.3, -0.25) is 9.59 Å². The van der Waals surface area contributed by atoms with Gasteiger partial charge in [-0.2, -0.15) is 0 Å². The molecule has 0 fully saturated rings. The van der Waals surface area contributed by atoms with Crippen LogP contribution in [0.5, 0.6) is 0 Å². The van der Waals surface area contributed by atoms with E-state index in [2.05, 4.69) is 5.92 Å². The number of ether oxygens (including phenoxy) is 2. The zero-order chi connectivity index (χ0) is 13.5. The third-order valence-electron chi connectivity index (χ3n) is 1.84. The lowest BCUT2D eigenvalue weighted by molar-refractivity contribution is -0.169. The van der Waals surface area contributed by atoms with E-state index in [4.69, 9.17) is 15.9 Å². The number of hydrogen-bond acceptors (Lipinski definition) is 4. The summed E-state index contributed by atoms with van der Waals surface area (Å²) in [7, 11) is 0. The van der Waals surface area contributed by atoms with Gasteiger partial charge in [0.05, 0.1) is 6.61 Å². The molecule has 17 heavy (non-hydrogen) atoms. The minimum atomic E-state index is -0.926. The van der Waals surface area contributed by atoms with Gasteiger partial charge in [-0.15, -0.1) is 12.3 Å².